The van der Waals surface area contributed by atoms with Gasteiger partial charge >= 0.3 is 0 Å². The Hall–Kier alpha value is -2.73. The van der Waals surface area contributed by atoms with E-state index in [0.29, 0.717) is 23.0 Å². The Balaban J connectivity index is 1.81. The molecule has 1 heterocycles. The highest BCUT2D eigenvalue weighted by atomic mass is 79.9. The molecular formula is C19H17BrN4O. The van der Waals surface area contributed by atoms with Crippen molar-refractivity contribution >= 4 is 39.0 Å². The third kappa shape index (κ3) is 4.42. The maximum absolute atomic E-state index is 12.5. The first kappa shape index (κ1) is 17.1. The van der Waals surface area contributed by atoms with Gasteiger partial charge in [-0.1, -0.05) is 40.2 Å². The number of carbonyl (C=O) groups is 1. The van der Waals surface area contributed by atoms with Crippen LogP contribution in [0.1, 0.15) is 21.9 Å². The summed E-state index contributed by atoms with van der Waals surface area (Å²) in [6.07, 6.45) is 0. The number of nitrogens with one attached hydrogen (secondary N) is 2. The van der Waals surface area contributed by atoms with E-state index < -0.39 is 0 Å². The standard InChI is InChI=1S/C19H17BrN4O/c1-12-8-9-15(10-16(12)20)24-19(25)17-11-18(22-13(2)21-17)23-14-6-4-3-5-7-14/h3-11H,1-2H3,(H,24,25)(H,21,22,23). The summed E-state index contributed by atoms with van der Waals surface area (Å²) < 4.78 is 0.940. The molecule has 0 unspecified atom stereocenters. The number of benzene rings is 2. The summed E-state index contributed by atoms with van der Waals surface area (Å²) in [5, 5.41) is 6.04. The Morgan fingerprint density at radius 3 is 2.44 bits per heavy atom. The summed E-state index contributed by atoms with van der Waals surface area (Å²) >= 11 is 3.47. The Morgan fingerprint density at radius 2 is 1.72 bits per heavy atom. The van der Waals surface area contributed by atoms with Crippen molar-refractivity contribution < 1.29 is 4.79 Å². The number of hydrogen-bond acceptors (Lipinski definition) is 4. The highest BCUT2D eigenvalue weighted by Gasteiger charge is 2.11. The van der Waals surface area contributed by atoms with E-state index in [-0.39, 0.29) is 5.91 Å². The minimum Gasteiger partial charge on any atom is -0.340 e. The number of para-hydroxylation sites is 1. The van der Waals surface area contributed by atoms with Crippen LogP contribution in [0, 0.1) is 13.8 Å². The Kier molecular flexibility index (Phi) is 5.09. The zero-order valence-corrected chi connectivity index (χ0v) is 15.5. The van der Waals surface area contributed by atoms with Crippen LogP contribution in [0.25, 0.3) is 0 Å². The highest BCUT2D eigenvalue weighted by Crippen LogP contribution is 2.21. The molecule has 25 heavy (non-hydrogen) atoms. The average molecular weight is 397 g/mol. The summed E-state index contributed by atoms with van der Waals surface area (Å²) in [5.41, 5.74) is 3.01. The Morgan fingerprint density at radius 1 is 0.960 bits per heavy atom. The number of amides is 1. The van der Waals surface area contributed by atoms with Crippen molar-refractivity contribution in [2.75, 3.05) is 10.6 Å². The first-order valence-corrected chi connectivity index (χ1v) is 8.56. The van der Waals surface area contributed by atoms with E-state index in [9.17, 15) is 4.79 Å². The Bertz CT molecular complexity index is 913. The van der Waals surface area contributed by atoms with Crippen LogP contribution in [-0.4, -0.2) is 15.9 Å². The molecule has 126 valence electrons. The second-order valence-electron chi connectivity index (χ2n) is 5.59. The lowest BCUT2D eigenvalue weighted by Gasteiger charge is -2.10. The molecule has 0 radical (unpaired) electrons. The summed E-state index contributed by atoms with van der Waals surface area (Å²) in [4.78, 5) is 21.1. The molecule has 0 fully saturated rings. The fourth-order valence-electron chi connectivity index (χ4n) is 2.28. The van der Waals surface area contributed by atoms with E-state index in [0.717, 1.165) is 15.7 Å². The van der Waals surface area contributed by atoms with Crippen LogP contribution in [0.4, 0.5) is 17.2 Å². The van der Waals surface area contributed by atoms with Gasteiger partial charge in [-0.2, -0.15) is 0 Å². The molecule has 0 bridgehead atoms. The summed E-state index contributed by atoms with van der Waals surface area (Å²) in [5.74, 6) is 0.822. The minimum atomic E-state index is -0.280. The van der Waals surface area contributed by atoms with Crippen LogP contribution in [-0.2, 0) is 0 Å². The lowest BCUT2D eigenvalue weighted by Crippen LogP contribution is -2.15. The van der Waals surface area contributed by atoms with Crippen molar-refractivity contribution in [3.05, 3.63) is 76.2 Å². The fourth-order valence-corrected chi connectivity index (χ4v) is 2.66. The molecular weight excluding hydrogens is 380 g/mol. The predicted octanol–water partition coefficient (Wildman–Crippen LogP) is 4.85. The molecule has 2 N–H and O–H groups in total. The second-order valence-corrected chi connectivity index (χ2v) is 6.45. The molecule has 1 amide bonds. The summed E-state index contributed by atoms with van der Waals surface area (Å²) in [6, 6.07) is 17.0. The quantitative estimate of drug-likeness (QED) is 0.661. The van der Waals surface area contributed by atoms with Gasteiger partial charge in [0.15, 0.2) is 0 Å². The third-order valence-corrected chi connectivity index (χ3v) is 4.40. The van der Waals surface area contributed by atoms with Crippen molar-refractivity contribution in [3.8, 4) is 0 Å². The normalized spacial score (nSPS) is 10.4. The number of halogens is 1. The molecule has 3 aromatic rings. The molecule has 3 rings (SSSR count). The van der Waals surface area contributed by atoms with Gasteiger partial charge < -0.3 is 10.6 Å². The molecule has 0 spiro atoms. The molecule has 0 saturated carbocycles. The van der Waals surface area contributed by atoms with Gasteiger partial charge in [-0.05, 0) is 43.7 Å². The second kappa shape index (κ2) is 7.44. The first-order valence-electron chi connectivity index (χ1n) is 7.76. The molecule has 1 aromatic heterocycles. The number of aryl methyl sites for hydroxylation is 2. The van der Waals surface area contributed by atoms with Gasteiger partial charge in [0.25, 0.3) is 5.91 Å². The third-order valence-electron chi connectivity index (χ3n) is 3.55. The average Bonchev–Trinajstić information content (AvgIpc) is 2.58. The van der Waals surface area contributed by atoms with E-state index in [1.807, 2.05) is 55.5 Å². The molecule has 0 aliphatic heterocycles. The van der Waals surface area contributed by atoms with Crippen molar-refractivity contribution in [1.29, 1.82) is 0 Å². The first-order chi connectivity index (χ1) is 12.0. The van der Waals surface area contributed by atoms with Crippen LogP contribution >= 0.6 is 15.9 Å². The maximum Gasteiger partial charge on any atom is 0.274 e. The van der Waals surface area contributed by atoms with Crippen LogP contribution in [0.3, 0.4) is 0 Å². The molecule has 0 saturated heterocycles. The highest BCUT2D eigenvalue weighted by molar-refractivity contribution is 9.10. The van der Waals surface area contributed by atoms with Gasteiger partial charge in [0.1, 0.15) is 17.3 Å². The van der Waals surface area contributed by atoms with Gasteiger partial charge in [0.2, 0.25) is 0 Å². The monoisotopic (exact) mass is 396 g/mol. The summed E-state index contributed by atoms with van der Waals surface area (Å²) in [7, 11) is 0. The largest absolute Gasteiger partial charge is 0.340 e. The smallest absolute Gasteiger partial charge is 0.274 e. The lowest BCUT2D eigenvalue weighted by atomic mass is 10.2. The van der Waals surface area contributed by atoms with Gasteiger partial charge in [-0.15, -0.1) is 0 Å². The van der Waals surface area contributed by atoms with Crippen LogP contribution in [0.5, 0.6) is 0 Å². The van der Waals surface area contributed by atoms with E-state index in [1.54, 1.807) is 13.0 Å². The fraction of sp³-hybridized carbons (Fsp3) is 0.105. The van der Waals surface area contributed by atoms with Crippen molar-refractivity contribution in [1.82, 2.24) is 9.97 Å². The topological polar surface area (TPSA) is 66.9 Å². The SMILES string of the molecule is Cc1nc(Nc2ccccc2)cc(C(=O)Nc2ccc(C)c(Br)c2)n1. The van der Waals surface area contributed by atoms with E-state index in [1.165, 1.54) is 0 Å². The van der Waals surface area contributed by atoms with Gasteiger partial charge in [-0.25, -0.2) is 9.97 Å². The summed E-state index contributed by atoms with van der Waals surface area (Å²) in [6.45, 7) is 3.75. The number of hydrogen-bond donors (Lipinski definition) is 2. The molecule has 5 nitrogen and oxygen atoms in total. The van der Waals surface area contributed by atoms with E-state index in [2.05, 4.69) is 36.5 Å². The van der Waals surface area contributed by atoms with Crippen molar-refractivity contribution in [2.24, 2.45) is 0 Å². The number of anilines is 3. The number of nitrogens with zero attached hydrogens (tertiary/aromatic N) is 2. The molecule has 2 aromatic carbocycles. The van der Waals surface area contributed by atoms with Crippen LogP contribution in [0.15, 0.2) is 59.1 Å². The van der Waals surface area contributed by atoms with Gasteiger partial charge in [-0.3, -0.25) is 4.79 Å². The Labute approximate surface area is 154 Å². The maximum atomic E-state index is 12.5. The van der Waals surface area contributed by atoms with Crippen LogP contribution in [0.2, 0.25) is 0 Å². The molecule has 0 aliphatic rings. The van der Waals surface area contributed by atoms with Crippen molar-refractivity contribution in [2.45, 2.75) is 13.8 Å². The minimum absolute atomic E-state index is 0.280. The molecule has 0 aliphatic carbocycles. The van der Waals surface area contributed by atoms with Gasteiger partial charge in [0, 0.05) is 21.9 Å². The predicted molar refractivity (Wildman–Crippen MR) is 103 cm³/mol. The zero-order valence-electron chi connectivity index (χ0n) is 13.9. The molecule has 0 atom stereocenters. The number of aromatic nitrogens is 2. The van der Waals surface area contributed by atoms with Gasteiger partial charge in [0.05, 0.1) is 0 Å². The van der Waals surface area contributed by atoms with Crippen molar-refractivity contribution in [3.63, 3.8) is 0 Å². The van der Waals surface area contributed by atoms with Crippen LogP contribution < -0.4 is 10.6 Å². The number of carbonyl (C=O) groups excluding carboxylic acids is 1. The lowest BCUT2D eigenvalue weighted by molar-refractivity contribution is 0.102. The van der Waals surface area contributed by atoms with E-state index >= 15 is 0 Å². The molecule has 6 heteroatoms. The number of rotatable bonds is 4. The van der Waals surface area contributed by atoms with E-state index in [4.69, 9.17) is 0 Å². The zero-order chi connectivity index (χ0) is 17.8.